The third kappa shape index (κ3) is 28.6. The van der Waals surface area contributed by atoms with E-state index in [0.717, 1.165) is 0 Å². The van der Waals surface area contributed by atoms with Crippen molar-refractivity contribution in [1.82, 2.24) is 0 Å². The summed E-state index contributed by atoms with van der Waals surface area (Å²) < 4.78 is 0. The van der Waals surface area contributed by atoms with Crippen LogP contribution in [0.1, 0.15) is 0 Å². The first-order chi connectivity index (χ1) is 0. The molecule has 6 heavy (non-hydrogen) atoms. The molecule has 0 amide bonds. The molecule has 6 heteroatoms. The minimum absolute atomic E-state index is 0. The Hall–Kier alpha value is 2.90. The zero-order chi connectivity index (χ0) is 0. The summed E-state index contributed by atoms with van der Waals surface area (Å²) in [7, 11) is 0. The van der Waals surface area contributed by atoms with E-state index in [1.165, 1.54) is 0 Å². The Balaban J connectivity index is 0. The van der Waals surface area contributed by atoms with Crippen molar-refractivity contribution in [3.05, 3.63) is 0 Å². The quantitative estimate of drug-likeness (QED) is 0.376. The molecular weight excluding hydrogens is 362 g/mol. The second-order valence-electron chi connectivity index (χ2n) is 0. The molecule has 0 aliphatic heterocycles. The summed E-state index contributed by atoms with van der Waals surface area (Å²) in [4.78, 5) is 0. The molecule has 0 saturated carbocycles. The van der Waals surface area contributed by atoms with Crippen LogP contribution in [-0.2, 0) is 22.4 Å². The van der Waals surface area contributed by atoms with Gasteiger partial charge in [-0.05, 0) is 0 Å². The van der Waals surface area contributed by atoms with E-state index < -0.39 is 0 Å². The van der Waals surface area contributed by atoms with E-state index in [1.54, 1.807) is 0 Å². The Morgan fingerprint density at radius 3 is 0.500 bits per heavy atom. The zero-order valence-electron chi connectivity index (χ0n) is 2.81. The Morgan fingerprint density at radius 1 is 0.500 bits per heavy atom. The summed E-state index contributed by atoms with van der Waals surface area (Å²) in [5.74, 6) is 0. The average Bonchev–Trinajstić information content (AvgIpc) is 0. The van der Waals surface area contributed by atoms with Crippen molar-refractivity contribution in [2.24, 2.45) is 0 Å². The zero-order valence-corrected chi connectivity index (χ0v) is 10.0. The molecule has 40 valence electrons. The Morgan fingerprint density at radius 2 is 0.500 bits per heavy atom. The second-order valence-corrected chi connectivity index (χ2v) is 0. The van der Waals surface area contributed by atoms with E-state index in [0.29, 0.717) is 0 Å². The third-order valence-corrected chi connectivity index (χ3v) is 0. The average molecular weight is 362 g/mol. The molecule has 0 heterocycles. The molecule has 0 radical (unpaired) electrons. The molecule has 0 aromatic heterocycles. The maximum Gasteiger partial charge on any atom is 3.00 e. The normalized spacial score (nSPS) is 0. The van der Waals surface area contributed by atoms with Crippen LogP contribution < -0.4 is 79.2 Å². The van der Waals surface area contributed by atoms with Gasteiger partial charge >= 0.3 is 51.9 Å². The first-order valence-electron chi connectivity index (χ1n) is 0. The molecule has 0 atom stereocenters. The van der Waals surface area contributed by atoms with Crippen LogP contribution >= 0.6 is 0 Å². The fraction of sp³-hybridized carbons (Fsp3) is 0. The molecule has 0 fully saturated rings. The summed E-state index contributed by atoms with van der Waals surface area (Å²) in [5.41, 5.74) is 0. The van der Waals surface area contributed by atoms with E-state index in [4.69, 9.17) is 0 Å². The van der Waals surface area contributed by atoms with Crippen molar-refractivity contribution in [3.8, 4) is 0 Å². The maximum absolute atomic E-state index is 0. The van der Waals surface area contributed by atoms with Crippen LogP contribution in [0.2, 0.25) is 0 Å². The van der Waals surface area contributed by atoms with Crippen LogP contribution in [0.4, 0.5) is 0 Å². The number of hydrogen-bond donors (Lipinski definition) is 0. The van der Waals surface area contributed by atoms with Crippen molar-refractivity contribution < 1.29 is 102 Å². The molecule has 0 N–H and O–H groups in total. The predicted octanol–water partition coefficient (Wildman–Crippen LogP) is -15.0. The Bertz CT molecular complexity index is 7.51. The van der Waals surface area contributed by atoms with Gasteiger partial charge in [-0.3, -0.25) is 0 Å². The van der Waals surface area contributed by atoms with Crippen LogP contribution in [0.25, 0.3) is 0 Å². The van der Waals surface area contributed by atoms with Crippen LogP contribution in [0.3, 0.4) is 0 Å². The molecule has 0 rings (SSSR count). The second kappa shape index (κ2) is 44.7. The number of halogens is 4. The van der Waals surface area contributed by atoms with Gasteiger partial charge in [0, 0.05) is 0 Å². The van der Waals surface area contributed by atoms with Crippen molar-refractivity contribution >= 4 is 0 Å². The largest absolute Gasteiger partial charge is 3.00 e. The van der Waals surface area contributed by atoms with Gasteiger partial charge < -0.3 is 49.6 Å². The van der Waals surface area contributed by atoms with Gasteiger partial charge in [0.1, 0.15) is 0 Å². The van der Waals surface area contributed by atoms with E-state index in [9.17, 15) is 0 Å². The predicted molar refractivity (Wildman–Crippen MR) is 0 cm³/mol. The fourth-order valence-electron chi connectivity index (χ4n) is 0. The summed E-state index contributed by atoms with van der Waals surface area (Å²) in [6.45, 7) is 0. The van der Waals surface area contributed by atoms with Crippen LogP contribution in [0.5, 0.6) is 0 Å². The van der Waals surface area contributed by atoms with Gasteiger partial charge in [-0.15, -0.1) is 0 Å². The molecule has 0 bridgehead atoms. The first kappa shape index (κ1) is 66.0. The van der Waals surface area contributed by atoms with Crippen molar-refractivity contribution in [1.29, 1.82) is 0 Å². The smallest absolute Gasteiger partial charge is 1.00 e. The molecular formula is AuCl4Na. The van der Waals surface area contributed by atoms with Crippen molar-refractivity contribution in [2.75, 3.05) is 0 Å². The minimum Gasteiger partial charge on any atom is -1.00 e. The number of rotatable bonds is 0. The third-order valence-electron chi connectivity index (χ3n) is 0. The molecule has 0 aromatic carbocycles. The number of hydrogen-bond acceptors (Lipinski definition) is 0. The van der Waals surface area contributed by atoms with Gasteiger partial charge in [0.05, 0.1) is 0 Å². The van der Waals surface area contributed by atoms with E-state index in [-0.39, 0.29) is 102 Å². The van der Waals surface area contributed by atoms with Crippen LogP contribution in [0.15, 0.2) is 0 Å². The molecule has 0 unspecified atom stereocenters. The summed E-state index contributed by atoms with van der Waals surface area (Å²) >= 11 is 0. The standard InChI is InChI=1S/Au.4ClH.Na/h;4*1H;/q+3;;;;;+1/p-4. The molecule has 0 saturated heterocycles. The molecule has 0 aromatic rings. The van der Waals surface area contributed by atoms with E-state index >= 15 is 0 Å². The van der Waals surface area contributed by atoms with Gasteiger partial charge in [0.2, 0.25) is 0 Å². The van der Waals surface area contributed by atoms with Gasteiger partial charge in [-0.25, -0.2) is 0 Å². The summed E-state index contributed by atoms with van der Waals surface area (Å²) in [6.07, 6.45) is 0. The van der Waals surface area contributed by atoms with Gasteiger partial charge in [0.25, 0.3) is 0 Å². The van der Waals surface area contributed by atoms with Gasteiger partial charge in [-0.2, -0.15) is 0 Å². The van der Waals surface area contributed by atoms with Crippen molar-refractivity contribution in [3.63, 3.8) is 0 Å². The van der Waals surface area contributed by atoms with Crippen LogP contribution in [0, 0.1) is 0 Å². The van der Waals surface area contributed by atoms with Crippen LogP contribution in [-0.4, -0.2) is 0 Å². The van der Waals surface area contributed by atoms with E-state index in [1.807, 2.05) is 0 Å². The van der Waals surface area contributed by atoms with Crippen molar-refractivity contribution in [2.45, 2.75) is 0 Å². The SMILES string of the molecule is [Au+3].[Cl-].[Cl-].[Cl-].[Cl-].[Na+]. The summed E-state index contributed by atoms with van der Waals surface area (Å²) in [6, 6.07) is 0. The fourth-order valence-corrected chi connectivity index (χ4v) is 0. The molecule has 0 aliphatic carbocycles. The Labute approximate surface area is 100 Å². The molecule has 0 nitrogen and oxygen atoms in total. The van der Waals surface area contributed by atoms with Gasteiger partial charge in [0.15, 0.2) is 0 Å². The minimum atomic E-state index is 0. The topological polar surface area (TPSA) is 0 Å². The van der Waals surface area contributed by atoms with E-state index in [2.05, 4.69) is 0 Å². The summed E-state index contributed by atoms with van der Waals surface area (Å²) in [5, 5.41) is 0. The van der Waals surface area contributed by atoms with Gasteiger partial charge in [-0.1, -0.05) is 0 Å². The first-order valence-corrected chi connectivity index (χ1v) is 0. The molecule has 0 spiro atoms. The monoisotopic (exact) mass is 360 g/mol. The maximum atomic E-state index is 0. The Kier molecular flexibility index (Phi) is 492. The molecule has 0 aliphatic rings.